The number of aryl methyl sites for hydroxylation is 1. The predicted octanol–water partition coefficient (Wildman–Crippen LogP) is 3.61. The molecule has 3 N–H and O–H groups in total. The highest BCUT2D eigenvalue weighted by molar-refractivity contribution is 7.91. The van der Waals surface area contributed by atoms with Crippen LogP contribution >= 0.6 is 11.3 Å². The number of ether oxygens (including phenoxy) is 2. The minimum Gasteiger partial charge on any atom is -0.496 e. The number of amides is 2. The lowest BCUT2D eigenvalue weighted by atomic mass is 10.1. The van der Waals surface area contributed by atoms with Gasteiger partial charge in [0.2, 0.25) is 21.8 Å². The van der Waals surface area contributed by atoms with E-state index in [2.05, 4.69) is 35.8 Å². The van der Waals surface area contributed by atoms with Crippen molar-refractivity contribution < 1.29 is 27.5 Å². The number of thiazole rings is 1. The molecule has 1 aromatic carbocycles. The van der Waals surface area contributed by atoms with Gasteiger partial charge in [0.1, 0.15) is 11.3 Å². The minimum atomic E-state index is -3.86. The number of methoxy groups -OCH3 is 1. The lowest BCUT2D eigenvalue weighted by Crippen LogP contribution is -2.56. The zero-order valence-electron chi connectivity index (χ0n) is 26.4. The summed E-state index contributed by atoms with van der Waals surface area (Å²) in [5.74, 6) is 0.141. The number of nitrogens with zero attached hydrogens (tertiary/aromatic N) is 3. The maximum absolute atomic E-state index is 13.4. The van der Waals surface area contributed by atoms with Gasteiger partial charge >= 0.3 is 0 Å². The van der Waals surface area contributed by atoms with Crippen LogP contribution in [0.25, 0.3) is 21.7 Å². The summed E-state index contributed by atoms with van der Waals surface area (Å²) in [5, 5.41) is 9.14. The Kier molecular flexibility index (Phi) is 8.95. The van der Waals surface area contributed by atoms with Crippen molar-refractivity contribution in [2.24, 2.45) is 5.92 Å². The number of fused-ring (bicyclic) bond motifs is 1. The van der Waals surface area contributed by atoms with Crippen LogP contribution < -0.4 is 24.8 Å². The molecule has 5 rings (SSSR count). The molecule has 0 saturated heterocycles. The van der Waals surface area contributed by atoms with Crippen molar-refractivity contribution in [1.29, 1.82) is 0 Å². The van der Waals surface area contributed by atoms with Gasteiger partial charge in [-0.15, -0.1) is 17.9 Å². The molecule has 2 saturated carbocycles. The lowest BCUT2D eigenvalue weighted by Gasteiger charge is -2.23. The van der Waals surface area contributed by atoms with E-state index in [1.54, 1.807) is 27.2 Å². The molecule has 2 aliphatic carbocycles. The van der Waals surface area contributed by atoms with E-state index in [4.69, 9.17) is 24.4 Å². The summed E-state index contributed by atoms with van der Waals surface area (Å²) in [5.41, 5.74) is 1.08. The monoisotopic (exact) mass is 656 g/mol. The average molecular weight is 657 g/mol. The zero-order valence-corrected chi connectivity index (χ0v) is 28.0. The van der Waals surface area contributed by atoms with Crippen molar-refractivity contribution in [2.75, 3.05) is 20.8 Å². The quantitative estimate of drug-likeness (QED) is 0.219. The lowest BCUT2D eigenvalue weighted by molar-refractivity contribution is -0.130. The Balaban J connectivity index is 1.32. The normalized spacial score (nSPS) is 20.8. The van der Waals surface area contributed by atoms with Crippen LogP contribution in [0.15, 0.2) is 30.2 Å². The second-order valence-corrected chi connectivity index (χ2v) is 15.3. The first-order valence-corrected chi connectivity index (χ1v) is 17.3. The van der Waals surface area contributed by atoms with Gasteiger partial charge in [0.05, 0.1) is 41.1 Å². The maximum atomic E-state index is 13.4. The number of rotatable bonds is 14. The van der Waals surface area contributed by atoms with Crippen molar-refractivity contribution in [2.45, 2.75) is 75.6 Å². The van der Waals surface area contributed by atoms with Gasteiger partial charge < -0.3 is 20.1 Å². The predicted molar refractivity (Wildman–Crippen MR) is 173 cm³/mol. The molecular formula is C31H40N6O6S2. The van der Waals surface area contributed by atoms with Gasteiger partial charge in [-0.3, -0.25) is 14.3 Å². The second kappa shape index (κ2) is 12.3. The molecule has 2 heterocycles. The highest BCUT2D eigenvalue weighted by Crippen LogP contribution is 2.47. The van der Waals surface area contributed by atoms with Crippen LogP contribution in [0.2, 0.25) is 0 Å². The van der Waals surface area contributed by atoms with Gasteiger partial charge in [0.25, 0.3) is 5.91 Å². The van der Waals surface area contributed by atoms with E-state index in [0.717, 1.165) is 11.3 Å². The number of sulfonamides is 1. The Morgan fingerprint density at radius 2 is 1.96 bits per heavy atom. The van der Waals surface area contributed by atoms with Crippen LogP contribution in [-0.4, -0.2) is 72.3 Å². The minimum absolute atomic E-state index is 0.113. The van der Waals surface area contributed by atoms with Gasteiger partial charge in [-0.2, -0.15) is 4.98 Å². The molecular weight excluding hydrogens is 617 g/mol. The molecule has 242 valence electrons. The first-order valence-electron chi connectivity index (χ1n) is 14.9. The molecule has 0 spiro atoms. The van der Waals surface area contributed by atoms with Gasteiger partial charge in [-0.25, -0.2) is 18.4 Å². The highest BCUT2D eigenvalue weighted by Gasteiger charge is 2.62. The van der Waals surface area contributed by atoms with Crippen molar-refractivity contribution in [3.63, 3.8) is 0 Å². The van der Waals surface area contributed by atoms with E-state index in [0.29, 0.717) is 46.2 Å². The van der Waals surface area contributed by atoms with E-state index < -0.39 is 38.2 Å². The molecule has 0 radical (unpaired) electrons. The number of nitrogens with one attached hydrogen (secondary N) is 3. The first kappa shape index (κ1) is 32.8. The number of carbonyl (C=O) groups excluding carboxylic acids is 2. The third-order valence-electron chi connectivity index (χ3n) is 8.75. The molecule has 2 aliphatic rings. The number of hydrogen-bond donors (Lipinski definition) is 3. The number of aromatic nitrogens is 3. The van der Waals surface area contributed by atoms with Crippen LogP contribution in [0.3, 0.4) is 0 Å². The molecule has 2 amide bonds. The van der Waals surface area contributed by atoms with Crippen molar-refractivity contribution in [1.82, 2.24) is 30.3 Å². The Morgan fingerprint density at radius 1 is 1.22 bits per heavy atom. The fourth-order valence-electron chi connectivity index (χ4n) is 5.17. The van der Waals surface area contributed by atoms with Crippen molar-refractivity contribution in [3.05, 3.63) is 41.4 Å². The summed E-state index contributed by atoms with van der Waals surface area (Å²) >= 11 is 1.46. The largest absolute Gasteiger partial charge is 0.496 e. The third-order valence-corrected chi connectivity index (χ3v) is 11.8. The van der Waals surface area contributed by atoms with Crippen molar-refractivity contribution in [3.8, 4) is 22.5 Å². The van der Waals surface area contributed by atoms with Gasteiger partial charge in [0, 0.05) is 23.3 Å². The molecule has 3 aromatic rings. The highest BCUT2D eigenvalue weighted by atomic mass is 32.2. The molecule has 2 aromatic heterocycles. The van der Waals surface area contributed by atoms with Crippen molar-refractivity contribution >= 4 is 44.1 Å². The smallest absolute Gasteiger partial charge is 0.259 e. The fourth-order valence-corrected chi connectivity index (χ4v) is 7.39. The van der Waals surface area contributed by atoms with Crippen LogP contribution in [0.1, 0.15) is 63.6 Å². The summed E-state index contributed by atoms with van der Waals surface area (Å²) in [6.07, 6.45) is 3.03. The van der Waals surface area contributed by atoms with Crippen LogP contribution in [0, 0.1) is 12.8 Å². The van der Waals surface area contributed by atoms with E-state index in [9.17, 15) is 18.0 Å². The van der Waals surface area contributed by atoms with Gasteiger partial charge in [-0.05, 0) is 58.2 Å². The summed E-state index contributed by atoms with van der Waals surface area (Å²) in [4.78, 5) is 40.8. The van der Waals surface area contributed by atoms with E-state index in [1.165, 1.54) is 11.3 Å². The number of carbonyl (C=O) groups is 2. The molecule has 0 aliphatic heterocycles. The maximum Gasteiger partial charge on any atom is 0.259 e. The number of benzene rings is 1. The van der Waals surface area contributed by atoms with Crippen LogP contribution in [0.4, 0.5) is 0 Å². The Labute approximate surface area is 267 Å². The number of likely N-dealkylation sites (N-methyl/N-ethyl adjacent to an activating group) is 1. The topological polar surface area (TPSA) is 162 Å². The molecule has 45 heavy (non-hydrogen) atoms. The molecule has 3 atom stereocenters. The Bertz CT molecular complexity index is 1750. The summed E-state index contributed by atoms with van der Waals surface area (Å²) in [6.45, 7) is 11.5. The summed E-state index contributed by atoms with van der Waals surface area (Å²) < 4.78 is 38.4. The molecule has 0 bridgehead atoms. The summed E-state index contributed by atoms with van der Waals surface area (Å²) in [7, 11) is -0.627. The van der Waals surface area contributed by atoms with Gasteiger partial charge in [0.15, 0.2) is 10.8 Å². The second-order valence-electron chi connectivity index (χ2n) is 12.2. The van der Waals surface area contributed by atoms with E-state index >= 15 is 0 Å². The van der Waals surface area contributed by atoms with E-state index in [-0.39, 0.29) is 31.3 Å². The van der Waals surface area contributed by atoms with Crippen LogP contribution in [0.5, 0.6) is 11.6 Å². The molecule has 14 heteroatoms. The fraction of sp³-hybridized carbons (Fsp3) is 0.516. The van der Waals surface area contributed by atoms with Gasteiger partial charge in [-0.1, -0.05) is 19.9 Å². The summed E-state index contributed by atoms with van der Waals surface area (Å²) in [6, 6.07) is 2.93. The first-order chi connectivity index (χ1) is 21.3. The molecule has 12 nitrogen and oxygen atoms in total. The van der Waals surface area contributed by atoms with Crippen LogP contribution in [-0.2, 0) is 19.6 Å². The standard InChI is InChI=1S/C31H40N6O6S2/c1-8-19-15-31(19,29(39)37-45(40,41)30(5)12-13-30)36-26(38)21(32-6)11-14-43-27-20-9-10-23(42-7)18(4)24(20)34-25(35-27)28-33-22(16-44-28)17(2)3/h8-10,16-17,19,21,32H,1,11-15H2,2-7H3,(H,36,38)(H,37,39). The Morgan fingerprint density at radius 3 is 2.53 bits per heavy atom. The Hall–Kier alpha value is -3.62. The SMILES string of the molecule is C=CC1CC1(NC(=O)C(CCOc1nc(-c2nc(C(C)C)cs2)nc2c(C)c(OC)ccc12)NC)C(=O)NS(=O)(=O)C1(C)CC1. The molecule has 2 fully saturated rings. The zero-order chi connectivity index (χ0) is 32.7. The number of hydrogen-bond acceptors (Lipinski definition) is 11. The van der Waals surface area contributed by atoms with E-state index in [1.807, 2.05) is 24.4 Å². The average Bonchev–Trinajstić information content (AvgIpc) is 3.87. The third kappa shape index (κ3) is 6.27. The molecule has 3 unspecified atom stereocenters.